The molecule has 5 fully saturated rings. The van der Waals surface area contributed by atoms with Gasteiger partial charge < -0.3 is 25.2 Å². The fraction of sp³-hybridized carbons (Fsp3) is 0.426. The monoisotopic (exact) mass is 836 g/mol. The number of nitrogens with two attached hydrogens (primary N) is 1. The zero-order valence-electron chi connectivity index (χ0n) is 34.9. The number of hydrogen-bond acceptors (Lipinski definition) is 12. The highest BCUT2D eigenvalue weighted by molar-refractivity contribution is 6.07. The smallest absolute Gasteiger partial charge is 0.261 e. The van der Waals surface area contributed by atoms with Crippen LogP contribution in [0.25, 0.3) is 22.3 Å². The maximum Gasteiger partial charge on any atom is 0.261 e. The Morgan fingerprint density at radius 2 is 1.63 bits per heavy atom. The van der Waals surface area contributed by atoms with Crippen LogP contribution in [-0.2, 0) is 14.4 Å². The number of amides is 4. The number of benzene rings is 3. The SMILES string of the molecule is Cc1cc(N2CC(CN3CC4CC(N5CCC(n6nc(-c7ccc(Oc8ccccc8)cc7)c7c(N)ncnc76)CC5)CC4C3)C2)ccc1C(=O)N(C=O)C1CCC(=O)NC1=O. The van der Waals surface area contributed by atoms with Gasteiger partial charge in [-0.1, -0.05) is 18.2 Å². The molecule has 5 aliphatic rings. The largest absolute Gasteiger partial charge is 0.457 e. The van der Waals surface area contributed by atoms with E-state index in [1.807, 2.05) is 73.7 Å². The summed E-state index contributed by atoms with van der Waals surface area (Å²) < 4.78 is 8.13. The van der Waals surface area contributed by atoms with E-state index >= 15 is 0 Å². The third-order valence-electron chi connectivity index (χ3n) is 14.0. The third-order valence-corrected chi connectivity index (χ3v) is 14.0. The van der Waals surface area contributed by atoms with E-state index in [2.05, 4.69) is 29.7 Å². The van der Waals surface area contributed by atoms with Gasteiger partial charge in [-0.25, -0.2) is 14.6 Å². The van der Waals surface area contributed by atoms with Crippen LogP contribution in [0.5, 0.6) is 11.5 Å². The Kier molecular flexibility index (Phi) is 10.7. The molecule has 1 saturated carbocycles. The van der Waals surface area contributed by atoms with Crippen LogP contribution in [-0.4, -0.2) is 116 Å². The lowest BCUT2D eigenvalue weighted by Gasteiger charge is -2.43. The van der Waals surface area contributed by atoms with E-state index in [9.17, 15) is 19.2 Å². The van der Waals surface area contributed by atoms with Crippen molar-refractivity contribution in [3.8, 4) is 22.8 Å². The first-order chi connectivity index (χ1) is 30.2. The molecule has 4 saturated heterocycles. The molecule has 3 atom stereocenters. The second-order valence-electron chi connectivity index (χ2n) is 17.9. The van der Waals surface area contributed by atoms with Crippen LogP contribution in [0, 0.1) is 24.7 Å². The summed E-state index contributed by atoms with van der Waals surface area (Å²) in [4.78, 5) is 66.9. The molecule has 0 spiro atoms. The number of ether oxygens (including phenoxy) is 1. The second kappa shape index (κ2) is 16.6. The fourth-order valence-corrected chi connectivity index (χ4v) is 10.8. The Morgan fingerprint density at radius 3 is 2.32 bits per heavy atom. The lowest BCUT2D eigenvalue weighted by atomic mass is 9.96. The predicted octanol–water partition coefficient (Wildman–Crippen LogP) is 5.06. The van der Waals surface area contributed by atoms with Gasteiger partial charge in [0.15, 0.2) is 5.65 Å². The second-order valence-corrected chi connectivity index (χ2v) is 17.9. The van der Waals surface area contributed by atoms with Crippen molar-refractivity contribution in [2.75, 3.05) is 56.4 Å². The number of aryl methyl sites for hydroxylation is 1. The summed E-state index contributed by atoms with van der Waals surface area (Å²) in [6.07, 6.45) is 6.71. The van der Waals surface area contributed by atoms with Gasteiger partial charge in [0.25, 0.3) is 5.91 Å². The summed E-state index contributed by atoms with van der Waals surface area (Å²) >= 11 is 0. The molecule has 15 heteroatoms. The molecule has 3 N–H and O–H groups in total. The molecule has 5 aromatic rings. The van der Waals surface area contributed by atoms with Gasteiger partial charge in [-0.15, -0.1) is 0 Å². The fourth-order valence-electron chi connectivity index (χ4n) is 10.8. The number of para-hydroxylation sites is 1. The number of fused-ring (bicyclic) bond motifs is 2. The first-order valence-electron chi connectivity index (χ1n) is 21.9. The number of imide groups is 2. The van der Waals surface area contributed by atoms with Crippen molar-refractivity contribution in [2.24, 2.45) is 17.8 Å². The molecule has 0 radical (unpaired) electrons. The van der Waals surface area contributed by atoms with Crippen molar-refractivity contribution in [3.05, 3.63) is 90.3 Å². The maximum atomic E-state index is 13.3. The van der Waals surface area contributed by atoms with E-state index < -0.39 is 23.8 Å². The lowest BCUT2D eigenvalue weighted by molar-refractivity contribution is -0.139. The van der Waals surface area contributed by atoms with E-state index in [1.54, 1.807) is 6.07 Å². The van der Waals surface area contributed by atoms with Gasteiger partial charge in [0.1, 0.15) is 35.4 Å². The number of likely N-dealkylation sites (tertiary alicyclic amines) is 2. The van der Waals surface area contributed by atoms with Crippen molar-refractivity contribution >= 4 is 46.7 Å². The van der Waals surface area contributed by atoms with Crippen molar-refractivity contribution in [3.63, 3.8) is 0 Å². The minimum atomic E-state index is -0.985. The highest BCUT2D eigenvalue weighted by Gasteiger charge is 2.44. The summed E-state index contributed by atoms with van der Waals surface area (Å²) in [5.41, 5.74) is 11.2. The first kappa shape index (κ1) is 39.9. The minimum Gasteiger partial charge on any atom is -0.457 e. The van der Waals surface area contributed by atoms with Crippen LogP contribution in [0.15, 0.2) is 79.1 Å². The van der Waals surface area contributed by atoms with Crippen molar-refractivity contribution in [2.45, 2.75) is 63.6 Å². The van der Waals surface area contributed by atoms with E-state index in [0.29, 0.717) is 29.8 Å². The van der Waals surface area contributed by atoms with E-state index in [0.717, 1.165) is 107 Å². The number of nitrogens with one attached hydrogen (secondary N) is 1. The molecule has 15 nitrogen and oxygen atoms in total. The number of nitrogens with zero attached hydrogens (tertiary/aromatic N) is 8. The topological polar surface area (TPSA) is 172 Å². The van der Waals surface area contributed by atoms with Gasteiger partial charge in [-0.05, 0) is 111 Å². The number of piperidine rings is 2. The number of carbonyl (C=O) groups excluding carboxylic acids is 4. The normalized spacial score (nSPS) is 23.6. The van der Waals surface area contributed by atoms with Crippen molar-refractivity contribution in [1.29, 1.82) is 0 Å². The Morgan fingerprint density at radius 1 is 0.903 bits per heavy atom. The molecular formula is C47H52N10O5. The summed E-state index contributed by atoms with van der Waals surface area (Å²) in [5.74, 6) is 2.52. The molecule has 62 heavy (non-hydrogen) atoms. The summed E-state index contributed by atoms with van der Waals surface area (Å²) in [6.45, 7) is 9.33. The molecule has 2 aromatic heterocycles. The zero-order valence-corrected chi connectivity index (χ0v) is 34.9. The highest BCUT2D eigenvalue weighted by atomic mass is 16.5. The van der Waals surface area contributed by atoms with Crippen LogP contribution >= 0.6 is 0 Å². The van der Waals surface area contributed by atoms with Crippen LogP contribution in [0.1, 0.15) is 60.5 Å². The summed E-state index contributed by atoms with van der Waals surface area (Å²) in [7, 11) is 0. The molecular weight excluding hydrogens is 785 g/mol. The van der Waals surface area contributed by atoms with Crippen molar-refractivity contribution in [1.82, 2.24) is 39.8 Å². The first-order valence-corrected chi connectivity index (χ1v) is 21.9. The average Bonchev–Trinajstić information content (AvgIpc) is 3.97. The standard InChI is InChI=1S/C47H52N10O5/c1-29-19-35(9-12-39(29)47(61)56(28-58)40-13-14-41(59)51-46(40)60)55-23-30(24-55)22-53-25-32-20-36(21-33(32)26-53)54-17-15-34(16-18-54)57-45-42(44(48)49-27-50-45)43(52-57)31-7-10-38(11-8-31)62-37-5-3-2-4-6-37/h2-12,19,27-28,30,32-34,36,40H,13-18,20-26H2,1H3,(H2,48,49,50)(H,51,59,60). The molecule has 3 unspecified atom stereocenters. The Labute approximate surface area is 360 Å². The third kappa shape index (κ3) is 7.68. The zero-order chi connectivity index (χ0) is 42.5. The Balaban J connectivity index is 0.699. The summed E-state index contributed by atoms with van der Waals surface area (Å²) in [6, 6.07) is 23.2. The van der Waals surface area contributed by atoms with Gasteiger partial charge in [-0.3, -0.25) is 29.4 Å². The van der Waals surface area contributed by atoms with E-state index in [1.165, 1.54) is 32.3 Å². The molecule has 320 valence electrons. The highest BCUT2D eigenvalue weighted by Crippen LogP contribution is 2.43. The molecule has 6 heterocycles. The Bertz CT molecular complexity index is 2480. The van der Waals surface area contributed by atoms with Gasteiger partial charge in [0.2, 0.25) is 18.2 Å². The van der Waals surface area contributed by atoms with E-state index in [4.69, 9.17) is 20.6 Å². The molecule has 3 aromatic carbocycles. The van der Waals surface area contributed by atoms with Crippen LogP contribution in [0.3, 0.4) is 0 Å². The molecule has 4 aliphatic heterocycles. The maximum absolute atomic E-state index is 13.3. The minimum absolute atomic E-state index is 0.0903. The molecule has 4 amide bonds. The molecule has 10 rings (SSSR count). The van der Waals surface area contributed by atoms with Gasteiger partial charge in [0.05, 0.1) is 11.4 Å². The lowest BCUT2D eigenvalue weighted by Crippen LogP contribution is -2.54. The van der Waals surface area contributed by atoms with Crippen LogP contribution < -0.4 is 20.7 Å². The Hall–Kier alpha value is -6.19. The van der Waals surface area contributed by atoms with Gasteiger partial charge in [0, 0.05) is 81.0 Å². The average molecular weight is 837 g/mol. The number of hydrogen-bond donors (Lipinski definition) is 2. The number of anilines is 2. The molecule has 1 aliphatic carbocycles. The van der Waals surface area contributed by atoms with Crippen molar-refractivity contribution < 1.29 is 23.9 Å². The van der Waals surface area contributed by atoms with Crippen LogP contribution in [0.2, 0.25) is 0 Å². The van der Waals surface area contributed by atoms with Gasteiger partial charge >= 0.3 is 0 Å². The number of aromatic nitrogens is 4. The number of carbonyl (C=O) groups is 4. The molecule has 0 bridgehead atoms. The van der Waals surface area contributed by atoms with E-state index in [-0.39, 0.29) is 18.9 Å². The number of rotatable bonds is 11. The van der Waals surface area contributed by atoms with Crippen LogP contribution in [0.4, 0.5) is 11.5 Å². The van der Waals surface area contributed by atoms with Gasteiger partial charge in [-0.2, -0.15) is 5.10 Å². The quantitative estimate of drug-likeness (QED) is 0.134. The summed E-state index contributed by atoms with van der Waals surface area (Å²) in [5, 5.41) is 8.18. The number of nitrogen functional groups attached to an aromatic ring is 1. The predicted molar refractivity (Wildman–Crippen MR) is 233 cm³/mol.